The van der Waals surface area contributed by atoms with Crippen molar-refractivity contribution in [2.24, 2.45) is 10.8 Å². The summed E-state index contributed by atoms with van der Waals surface area (Å²) in [4.78, 5) is 0. The molecule has 6 nitrogen and oxygen atoms in total. The van der Waals surface area contributed by atoms with Crippen LogP contribution in [0.5, 0.6) is 5.75 Å². The maximum atomic E-state index is 8.63. The first kappa shape index (κ1) is 12.8. The Morgan fingerprint density at radius 3 is 2.88 bits per heavy atom. The predicted octanol–water partition coefficient (Wildman–Crippen LogP) is 1.58. The van der Waals surface area contributed by atoms with Gasteiger partial charge in [-0.05, 0) is 12.1 Å². The van der Waals surface area contributed by atoms with Gasteiger partial charge < -0.3 is 10.5 Å². The minimum atomic E-state index is -0.402. The SMILES string of the molecule is COc1cc(N/N=C(\C#N)C(=N)N)ccc1Cl. The van der Waals surface area contributed by atoms with E-state index in [1.165, 1.54) is 7.11 Å². The third-order valence-electron chi connectivity index (χ3n) is 1.81. The summed E-state index contributed by atoms with van der Waals surface area (Å²) in [6, 6.07) is 6.58. The van der Waals surface area contributed by atoms with Crippen molar-refractivity contribution in [1.29, 1.82) is 10.7 Å². The second-order valence-corrected chi connectivity index (χ2v) is 3.35. The summed E-state index contributed by atoms with van der Waals surface area (Å²) in [5.41, 5.74) is 8.09. The Kier molecular flexibility index (Phi) is 4.31. The Balaban J connectivity index is 2.90. The second-order valence-electron chi connectivity index (χ2n) is 2.95. The van der Waals surface area contributed by atoms with Crippen LogP contribution in [0.4, 0.5) is 5.69 Å². The molecular formula is C10H10ClN5O. The summed E-state index contributed by atoms with van der Waals surface area (Å²) < 4.78 is 5.01. The van der Waals surface area contributed by atoms with Gasteiger partial charge in [-0.3, -0.25) is 10.8 Å². The molecule has 88 valence electrons. The van der Waals surface area contributed by atoms with Gasteiger partial charge in [0.1, 0.15) is 11.8 Å². The molecule has 0 atom stereocenters. The van der Waals surface area contributed by atoms with Crippen molar-refractivity contribution < 1.29 is 4.74 Å². The van der Waals surface area contributed by atoms with Crippen LogP contribution >= 0.6 is 11.6 Å². The predicted molar refractivity (Wildman–Crippen MR) is 66.6 cm³/mol. The van der Waals surface area contributed by atoms with Crippen LogP contribution in [0.2, 0.25) is 5.02 Å². The van der Waals surface area contributed by atoms with E-state index in [4.69, 9.17) is 32.7 Å². The molecule has 0 amide bonds. The van der Waals surface area contributed by atoms with Gasteiger partial charge in [-0.1, -0.05) is 11.6 Å². The number of nitriles is 1. The summed E-state index contributed by atoms with van der Waals surface area (Å²) in [7, 11) is 1.49. The zero-order valence-electron chi connectivity index (χ0n) is 8.99. The van der Waals surface area contributed by atoms with Gasteiger partial charge in [-0.15, -0.1) is 0 Å². The van der Waals surface area contributed by atoms with Gasteiger partial charge in [0.2, 0.25) is 5.71 Å². The highest BCUT2D eigenvalue weighted by Gasteiger charge is 2.03. The van der Waals surface area contributed by atoms with Crippen molar-refractivity contribution in [3.8, 4) is 11.8 Å². The summed E-state index contributed by atoms with van der Waals surface area (Å²) in [6.45, 7) is 0. The number of nitrogens with one attached hydrogen (secondary N) is 2. The van der Waals surface area contributed by atoms with Gasteiger partial charge in [0, 0.05) is 6.07 Å². The highest BCUT2D eigenvalue weighted by molar-refractivity contribution is 6.45. The molecule has 1 rings (SSSR count). The lowest BCUT2D eigenvalue weighted by Crippen LogP contribution is -2.21. The van der Waals surface area contributed by atoms with Crippen LogP contribution in [0.25, 0.3) is 0 Å². The highest BCUT2D eigenvalue weighted by Crippen LogP contribution is 2.27. The van der Waals surface area contributed by atoms with Gasteiger partial charge in [-0.25, -0.2) is 0 Å². The molecule has 0 fully saturated rings. The van der Waals surface area contributed by atoms with Crippen molar-refractivity contribution >= 4 is 28.8 Å². The van der Waals surface area contributed by atoms with E-state index in [1.807, 2.05) is 0 Å². The van der Waals surface area contributed by atoms with E-state index < -0.39 is 5.84 Å². The van der Waals surface area contributed by atoms with E-state index in [0.29, 0.717) is 16.5 Å². The van der Waals surface area contributed by atoms with Crippen molar-refractivity contribution in [2.45, 2.75) is 0 Å². The van der Waals surface area contributed by atoms with Crippen LogP contribution in [0, 0.1) is 16.7 Å². The molecule has 1 aromatic carbocycles. The minimum Gasteiger partial charge on any atom is -0.495 e. The lowest BCUT2D eigenvalue weighted by Gasteiger charge is -2.05. The number of nitrogens with two attached hydrogens (primary N) is 1. The molecular weight excluding hydrogens is 242 g/mol. The maximum absolute atomic E-state index is 8.63. The number of rotatable bonds is 4. The van der Waals surface area contributed by atoms with Gasteiger partial charge in [-0.2, -0.15) is 10.4 Å². The third kappa shape index (κ3) is 3.36. The molecule has 4 N–H and O–H groups in total. The van der Waals surface area contributed by atoms with Crippen LogP contribution in [-0.2, 0) is 0 Å². The molecule has 1 aromatic rings. The molecule has 0 heterocycles. The Morgan fingerprint density at radius 1 is 1.65 bits per heavy atom. The number of amidine groups is 1. The maximum Gasteiger partial charge on any atom is 0.201 e. The van der Waals surface area contributed by atoms with Crippen LogP contribution in [0.1, 0.15) is 0 Å². The Labute approximate surface area is 103 Å². The summed E-state index contributed by atoms with van der Waals surface area (Å²) in [5.74, 6) is 0.0779. The monoisotopic (exact) mass is 251 g/mol. The van der Waals surface area contributed by atoms with Crippen LogP contribution in [-0.4, -0.2) is 18.7 Å². The van der Waals surface area contributed by atoms with Crippen LogP contribution in [0.3, 0.4) is 0 Å². The van der Waals surface area contributed by atoms with Gasteiger partial charge in [0.25, 0.3) is 0 Å². The normalized spacial score (nSPS) is 10.5. The average Bonchev–Trinajstić information content (AvgIpc) is 2.31. The zero-order valence-corrected chi connectivity index (χ0v) is 9.75. The fourth-order valence-corrected chi connectivity index (χ4v) is 1.19. The minimum absolute atomic E-state index is 0.195. The first-order chi connectivity index (χ1) is 8.08. The van der Waals surface area contributed by atoms with Gasteiger partial charge in [0.05, 0.1) is 17.8 Å². The number of hydrogen-bond acceptors (Lipinski definition) is 5. The van der Waals surface area contributed by atoms with Crippen molar-refractivity contribution in [3.63, 3.8) is 0 Å². The number of ether oxygens (including phenoxy) is 1. The molecule has 0 aliphatic carbocycles. The molecule has 0 bridgehead atoms. The molecule has 0 aliphatic heterocycles. The van der Waals surface area contributed by atoms with Crippen molar-refractivity contribution in [2.75, 3.05) is 12.5 Å². The van der Waals surface area contributed by atoms with Gasteiger partial charge in [0.15, 0.2) is 5.84 Å². The van der Waals surface area contributed by atoms with E-state index in [9.17, 15) is 0 Å². The quantitative estimate of drug-likeness (QED) is 0.429. The van der Waals surface area contributed by atoms with Crippen LogP contribution in [0.15, 0.2) is 23.3 Å². The first-order valence-corrected chi connectivity index (χ1v) is 4.88. The third-order valence-corrected chi connectivity index (χ3v) is 2.12. The molecule has 0 saturated heterocycles. The molecule has 0 aliphatic rings. The number of benzene rings is 1. The zero-order chi connectivity index (χ0) is 12.8. The second kappa shape index (κ2) is 5.72. The Morgan fingerprint density at radius 2 is 2.35 bits per heavy atom. The summed E-state index contributed by atoms with van der Waals surface area (Å²) >= 11 is 5.84. The number of methoxy groups -OCH3 is 1. The van der Waals surface area contributed by atoms with E-state index in [2.05, 4.69) is 10.5 Å². The largest absolute Gasteiger partial charge is 0.495 e. The molecule has 0 spiro atoms. The number of nitrogens with zero attached hydrogens (tertiary/aromatic N) is 2. The molecule has 0 radical (unpaired) electrons. The smallest absolute Gasteiger partial charge is 0.201 e. The number of hydrogen-bond donors (Lipinski definition) is 3. The average molecular weight is 252 g/mol. The van der Waals surface area contributed by atoms with E-state index >= 15 is 0 Å². The molecule has 17 heavy (non-hydrogen) atoms. The lowest BCUT2D eigenvalue weighted by molar-refractivity contribution is 0.415. The first-order valence-electron chi connectivity index (χ1n) is 4.50. The summed E-state index contributed by atoms with van der Waals surface area (Å²) in [6.07, 6.45) is 0. The lowest BCUT2D eigenvalue weighted by atomic mass is 10.3. The fraction of sp³-hybridized carbons (Fsp3) is 0.100. The fourth-order valence-electron chi connectivity index (χ4n) is 0.995. The van der Waals surface area contributed by atoms with Crippen molar-refractivity contribution in [3.05, 3.63) is 23.2 Å². The van der Waals surface area contributed by atoms with Gasteiger partial charge >= 0.3 is 0 Å². The van der Waals surface area contributed by atoms with E-state index in [1.54, 1.807) is 24.3 Å². The van der Waals surface area contributed by atoms with E-state index in [-0.39, 0.29) is 5.71 Å². The molecule has 0 aromatic heterocycles. The topological polar surface area (TPSA) is 107 Å². The number of anilines is 1. The van der Waals surface area contributed by atoms with Crippen molar-refractivity contribution in [1.82, 2.24) is 0 Å². The Bertz CT molecular complexity index is 506. The number of halogens is 1. The molecule has 0 saturated carbocycles. The highest BCUT2D eigenvalue weighted by atomic mass is 35.5. The standard InChI is InChI=1S/C10H10ClN5O/c1-17-9-4-6(2-3-7(9)11)15-16-8(5-12)10(13)14/h2-4,15H,1H3,(H3,13,14)/b16-8+. The van der Waals surface area contributed by atoms with E-state index in [0.717, 1.165) is 0 Å². The summed E-state index contributed by atoms with van der Waals surface area (Å²) in [5, 5.41) is 19.8. The van der Waals surface area contributed by atoms with Crippen LogP contribution < -0.4 is 15.9 Å². The molecule has 7 heteroatoms. The Hall–Kier alpha value is -2.26. The molecule has 0 unspecified atom stereocenters. The number of hydrazone groups is 1.